The number of rotatable bonds is 4. The van der Waals surface area contributed by atoms with Crippen LogP contribution in [0.3, 0.4) is 0 Å². The van der Waals surface area contributed by atoms with Gasteiger partial charge in [0.2, 0.25) is 5.91 Å². The minimum atomic E-state index is 0.0185. The van der Waals surface area contributed by atoms with Crippen molar-refractivity contribution in [1.82, 2.24) is 10.3 Å². The van der Waals surface area contributed by atoms with Gasteiger partial charge in [0.1, 0.15) is 5.00 Å². The zero-order chi connectivity index (χ0) is 15.5. The molecular weight excluding hydrogens is 296 g/mol. The number of anilines is 1. The van der Waals surface area contributed by atoms with Gasteiger partial charge in [-0.1, -0.05) is 26.2 Å². The van der Waals surface area contributed by atoms with Crippen LogP contribution in [-0.4, -0.2) is 16.9 Å². The summed E-state index contributed by atoms with van der Waals surface area (Å²) in [6.45, 7) is 2.31. The molecule has 2 atom stereocenters. The molecule has 0 aromatic carbocycles. The number of amides is 1. The van der Waals surface area contributed by atoms with E-state index in [2.05, 4.69) is 22.5 Å². The van der Waals surface area contributed by atoms with Gasteiger partial charge in [0.15, 0.2) is 6.19 Å². The van der Waals surface area contributed by atoms with Gasteiger partial charge in [0.05, 0.1) is 11.2 Å². The number of carbonyl (C=O) groups excluding carboxylic acids is 1. The minimum Gasteiger partial charge on any atom is -0.321 e. The average Bonchev–Trinajstić information content (AvgIpc) is 2.91. The molecule has 1 heterocycles. The van der Waals surface area contributed by atoms with E-state index in [9.17, 15) is 4.79 Å². The first-order valence-electron chi connectivity index (χ1n) is 8.08. The molecule has 118 valence electrons. The van der Waals surface area contributed by atoms with Crippen LogP contribution < -0.4 is 10.6 Å². The van der Waals surface area contributed by atoms with E-state index >= 15 is 0 Å². The highest BCUT2D eigenvalue weighted by molar-refractivity contribution is 7.15. The van der Waals surface area contributed by atoms with Crippen molar-refractivity contribution in [2.75, 3.05) is 5.32 Å². The molecule has 1 aromatic heterocycles. The molecule has 0 unspecified atom stereocenters. The Morgan fingerprint density at radius 1 is 1.41 bits per heavy atom. The number of nitrogens with zero attached hydrogens (tertiary/aromatic N) is 2. The fraction of sp³-hybridized carbons (Fsp3) is 0.688. The predicted octanol–water partition coefficient (Wildman–Crippen LogP) is 3.22. The van der Waals surface area contributed by atoms with E-state index in [0.29, 0.717) is 11.8 Å². The van der Waals surface area contributed by atoms with Crippen molar-refractivity contribution in [3.63, 3.8) is 0 Å². The molecule has 0 radical (unpaired) electrons. The van der Waals surface area contributed by atoms with Gasteiger partial charge in [-0.2, -0.15) is 5.26 Å². The average molecular weight is 318 g/mol. The van der Waals surface area contributed by atoms with E-state index in [-0.39, 0.29) is 17.9 Å². The first kappa shape index (κ1) is 15.3. The van der Waals surface area contributed by atoms with Crippen molar-refractivity contribution in [2.24, 2.45) is 11.8 Å². The van der Waals surface area contributed by atoms with Crippen molar-refractivity contribution >= 4 is 22.2 Å². The fourth-order valence-corrected chi connectivity index (χ4v) is 4.55. The van der Waals surface area contributed by atoms with E-state index in [1.54, 1.807) is 17.5 Å². The van der Waals surface area contributed by atoms with Crippen LogP contribution in [-0.2, 0) is 4.79 Å². The number of thiazole rings is 1. The molecule has 2 fully saturated rings. The van der Waals surface area contributed by atoms with Gasteiger partial charge in [0.25, 0.3) is 0 Å². The Morgan fingerprint density at radius 3 is 2.91 bits per heavy atom. The number of hydrogen-bond donors (Lipinski definition) is 2. The molecule has 1 aromatic rings. The normalized spacial score (nSPS) is 30.9. The summed E-state index contributed by atoms with van der Waals surface area (Å²) in [4.78, 5) is 16.7. The fourth-order valence-electron chi connectivity index (χ4n) is 3.46. The van der Waals surface area contributed by atoms with E-state index in [1.807, 2.05) is 6.19 Å². The molecule has 2 aliphatic rings. The number of carbonyl (C=O) groups is 1. The maximum atomic E-state index is 12.2. The zero-order valence-corrected chi connectivity index (χ0v) is 13.7. The Bertz CT molecular complexity index is 573. The summed E-state index contributed by atoms with van der Waals surface area (Å²) in [6, 6.07) is 0.167. The summed E-state index contributed by atoms with van der Waals surface area (Å²) in [5.41, 5.74) is 0. The van der Waals surface area contributed by atoms with Crippen LogP contribution in [0.1, 0.15) is 56.4 Å². The van der Waals surface area contributed by atoms with Crippen LogP contribution in [0, 0.1) is 23.3 Å². The summed E-state index contributed by atoms with van der Waals surface area (Å²) < 4.78 is 0. The molecule has 0 aliphatic heterocycles. The monoisotopic (exact) mass is 318 g/mol. The summed E-state index contributed by atoms with van der Waals surface area (Å²) in [5.74, 6) is 1.32. The Labute approximate surface area is 135 Å². The van der Waals surface area contributed by atoms with Gasteiger partial charge in [-0.25, -0.2) is 4.98 Å². The highest BCUT2D eigenvalue weighted by atomic mass is 32.1. The van der Waals surface area contributed by atoms with Crippen LogP contribution in [0.15, 0.2) is 6.20 Å². The molecule has 22 heavy (non-hydrogen) atoms. The van der Waals surface area contributed by atoms with Crippen LogP contribution in [0.25, 0.3) is 0 Å². The van der Waals surface area contributed by atoms with Crippen molar-refractivity contribution < 1.29 is 4.79 Å². The lowest BCUT2D eigenvalue weighted by atomic mass is 9.80. The minimum absolute atomic E-state index is 0.0185. The second-order valence-corrected chi connectivity index (χ2v) is 7.60. The topological polar surface area (TPSA) is 77.8 Å². The second-order valence-electron chi connectivity index (χ2n) is 6.54. The summed E-state index contributed by atoms with van der Waals surface area (Å²) >= 11 is 1.62. The van der Waals surface area contributed by atoms with E-state index in [0.717, 1.165) is 17.8 Å². The molecule has 6 heteroatoms. The quantitative estimate of drug-likeness (QED) is 0.660. The molecular formula is C16H22N4OS. The highest BCUT2D eigenvalue weighted by Gasteiger charge is 2.34. The van der Waals surface area contributed by atoms with Gasteiger partial charge in [-0.3, -0.25) is 4.79 Å². The molecule has 5 nitrogen and oxygen atoms in total. The van der Waals surface area contributed by atoms with E-state index in [1.165, 1.54) is 30.7 Å². The Kier molecular flexibility index (Phi) is 4.63. The van der Waals surface area contributed by atoms with E-state index < -0.39 is 0 Å². The van der Waals surface area contributed by atoms with Crippen molar-refractivity contribution in [3.8, 4) is 6.19 Å². The molecule has 0 saturated heterocycles. The SMILES string of the molecule is C[C@H]1CCCC[C@@H]1c1ncc(NC(=O)C2CC(NC#N)C2)s1. The molecule has 2 aliphatic carbocycles. The van der Waals surface area contributed by atoms with Crippen LogP contribution in [0.2, 0.25) is 0 Å². The van der Waals surface area contributed by atoms with Crippen LogP contribution >= 0.6 is 11.3 Å². The molecule has 3 rings (SSSR count). The third-order valence-corrected chi connectivity index (χ3v) is 6.02. The largest absolute Gasteiger partial charge is 0.321 e. The van der Waals surface area contributed by atoms with E-state index in [4.69, 9.17) is 5.26 Å². The van der Waals surface area contributed by atoms with Crippen molar-refractivity contribution in [3.05, 3.63) is 11.2 Å². The lowest BCUT2D eigenvalue weighted by molar-refractivity contribution is -0.122. The lowest BCUT2D eigenvalue weighted by Gasteiger charge is -2.32. The van der Waals surface area contributed by atoms with Crippen LogP contribution in [0.5, 0.6) is 0 Å². The van der Waals surface area contributed by atoms with Crippen molar-refractivity contribution in [2.45, 2.75) is 57.4 Å². The molecule has 1 amide bonds. The lowest BCUT2D eigenvalue weighted by Crippen LogP contribution is -2.44. The van der Waals surface area contributed by atoms with Gasteiger partial charge in [-0.05, 0) is 25.2 Å². The van der Waals surface area contributed by atoms with Gasteiger partial charge < -0.3 is 10.6 Å². The van der Waals surface area contributed by atoms with Gasteiger partial charge in [-0.15, -0.1) is 11.3 Å². The molecule has 2 N–H and O–H groups in total. The Balaban J connectivity index is 1.54. The number of nitriles is 1. The number of hydrogen-bond acceptors (Lipinski definition) is 5. The first-order chi connectivity index (χ1) is 10.7. The number of aromatic nitrogens is 1. The van der Waals surface area contributed by atoms with Gasteiger partial charge >= 0.3 is 0 Å². The third-order valence-electron chi connectivity index (χ3n) is 4.98. The second kappa shape index (κ2) is 6.66. The van der Waals surface area contributed by atoms with Gasteiger partial charge in [0, 0.05) is 17.9 Å². The summed E-state index contributed by atoms with van der Waals surface area (Å²) in [6.07, 6.45) is 10.3. The predicted molar refractivity (Wildman–Crippen MR) is 86.4 cm³/mol. The Morgan fingerprint density at radius 2 is 2.18 bits per heavy atom. The number of nitrogens with one attached hydrogen (secondary N) is 2. The summed E-state index contributed by atoms with van der Waals surface area (Å²) in [7, 11) is 0. The standard InChI is InChI=1S/C16H22N4OS/c1-10-4-2-3-5-13(10)16-18-8-14(22-16)20-15(21)11-6-12(7-11)19-9-17/h8,10-13,19H,2-7H2,1H3,(H,20,21)/t10-,11?,12?,13-/m0/s1. The zero-order valence-electron chi connectivity index (χ0n) is 12.8. The maximum absolute atomic E-state index is 12.2. The first-order valence-corrected chi connectivity index (χ1v) is 8.90. The summed E-state index contributed by atoms with van der Waals surface area (Å²) in [5, 5.41) is 16.2. The third kappa shape index (κ3) is 3.25. The van der Waals surface area contributed by atoms with Crippen LogP contribution in [0.4, 0.5) is 5.00 Å². The smallest absolute Gasteiger partial charge is 0.228 e. The van der Waals surface area contributed by atoms with Crippen molar-refractivity contribution in [1.29, 1.82) is 5.26 Å². The molecule has 0 spiro atoms. The Hall–Kier alpha value is -1.61. The maximum Gasteiger partial charge on any atom is 0.228 e. The molecule has 0 bridgehead atoms. The molecule has 2 saturated carbocycles. The highest BCUT2D eigenvalue weighted by Crippen LogP contribution is 2.40.